The van der Waals surface area contributed by atoms with Crippen molar-refractivity contribution in [3.8, 4) is 0 Å². The van der Waals surface area contributed by atoms with E-state index in [1.165, 1.54) is 0 Å². The lowest BCUT2D eigenvalue weighted by molar-refractivity contribution is -0.743. The monoisotopic (exact) mass is 232 g/mol. The molecule has 16 heavy (non-hydrogen) atoms. The molecule has 0 radical (unpaired) electrons. The van der Waals surface area contributed by atoms with E-state index in [4.69, 9.17) is 4.52 Å². The molecule has 0 aliphatic heterocycles. The Bertz CT molecular complexity index is 408. The molecule has 1 aromatic carbocycles. The van der Waals surface area contributed by atoms with Crippen LogP contribution in [0.25, 0.3) is 0 Å². The van der Waals surface area contributed by atoms with Gasteiger partial charge in [0, 0.05) is 12.1 Å². The quantitative estimate of drug-likeness (QED) is 0.599. The molecule has 1 atom stereocenters. The average Bonchev–Trinajstić information content (AvgIpc) is 2.38. The van der Waals surface area contributed by atoms with Gasteiger partial charge in [0.2, 0.25) is 0 Å². The Morgan fingerprint density at radius 1 is 1.00 bits per heavy atom. The van der Waals surface area contributed by atoms with Gasteiger partial charge < -0.3 is 0 Å². The summed E-state index contributed by atoms with van der Waals surface area (Å²) >= 11 is 0. The van der Waals surface area contributed by atoms with Crippen LogP contribution in [0.4, 0.5) is 0 Å². The maximum atomic E-state index is 10.6. The summed E-state index contributed by atoms with van der Waals surface area (Å²) in [7, 11) is -0.327. The van der Waals surface area contributed by atoms with Gasteiger partial charge in [-0.15, -0.1) is 0 Å². The van der Waals surface area contributed by atoms with E-state index in [0.29, 0.717) is 0 Å². The number of hydrogen-bond acceptors (Lipinski definition) is 2. The van der Waals surface area contributed by atoms with Gasteiger partial charge in [0.15, 0.2) is 12.4 Å². The van der Waals surface area contributed by atoms with Crippen LogP contribution in [0.3, 0.4) is 0 Å². The second-order valence-electron chi connectivity index (χ2n) is 3.27. The highest BCUT2D eigenvalue weighted by molar-refractivity contribution is 7.17. The molecule has 4 heteroatoms. The van der Waals surface area contributed by atoms with Crippen molar-refractivity contribution in [2.24, 2.45) is 0 Å². The maximum Gasteiger partial charge on any atom is 0.333 e. The zero-order valence-electron chi connectivity index (χ0n) is 8.56. The standard InChI is InChI=1S/C12H11NO2P/c14-16-15-12(11-7-3-1-4-8-11)13-9-5-2-6-10-13/h1-10,12H/q+1. The second-order valence-corrected chi connectivity index (χ2v) is 3.63. The molecule has 3 nitrogen and oxygen atoms in total. The third-order valence-corrected chi connectivity index (χ3v) is 2.52. The number of aromatic nitrogens is 1. The van der Waals surface area contributed by atoms with Crippen molar-refractivity contribution in [1.82, 2.24) is 0 Å². The molecule has 0 bridgehead atoms. The van der Waals surface area contributed by atoms with E-state index in [1.54, 1.807) is 0 Å². The minimum absolute atomic E-state index is 0.327. The van der Waals surface area contributed by atoms with E-state index in [-0.39, 0.29) is 14.9 Å². The first-order chi connectivity index (χ1) is 7.92. The topological polar surface area (TPSA) is 30.2 Å². The summed E-state index contributed by atoms with van der Waals surface area (Å²) in [5, 5.41) is 0. The first-order valence-corrected chi connectivity index (χ1v) is 5.64. The van der Waals surface area contributed by atoms with Crippen molar-refractivity contribution in [3.05, 3.63) is 66.5 Å². The van der Waals surface area contributed by atoms with Gasteiger partial charge in [-0.2, -0.15) is 4.57 Å². The number of pyridine rings is 1. The number of rotatable bonds is 4. The largest absolute Gasteiger partial charge is 0.333 e. The van der Waals surface area contributed by atoms with Crippen LogP contribution in [-0.4, -0.2) is 0 Å². The zero-order chi connectivity index (χ0) is 11.2. The molecule has 0 fully saturated rings. The lowest BCUT2D eigenvalue weighted by Crippen LogP contribution is -2.39. The highest BCUT2D eigenvalue weighted by atomic mass is 31.1. The molecule has 0 amide bonds. The Balaban J connectivity index is 2.35. The molecule has 0 spiro atoms. The first kappa shape index (κ1) is 10.9. The maximum absolute atomic E-state index is 10.6. The molecule has 0 aliphatic carbocycles. The molecule has 0 saturated carbocycles. The lowest BCUT2D eigenvalue weighted by Gasteiger charge is -2.08. The minimum atomic E-state index is -0.360. The first-order valence-electron chi connectivity index (χ1n) is 4.91. The third kappa shape index (κ3) is 2.51. The van der Waals surface area contributed by atoms with E-state index < -0.39 is 0 Å². The van der Waals surface area contributed by atoms with Gasteiger partial charge in [0.25, 0.3) is 6.23 Å². The minimum Gasteiger partial charge on any atom is -0.240 e. The van der Waals surface area contributed by atoms with Crippen LogP contribution >= 0.6 is 8.69 Å². The molecule has 1 unspecified atom stereocenters. The normalized spacial score (nSPS) is 12.5. The van der Waals surface area contributed by atoms with Crippen molar-refractivity contribution in [1.29, 1.82) is 0 Å². The Morgan fingerprint density at radius 3 is 2.25 bits per heavy atom. The van der Waals surface area contributed by atoms with Crippen LogP contribution in [0.2, 0.25) is 0 Å². The Hall–Kier alpha value is -1.57. The fourth-order valence-electron chi connectivity index (χ4n) is 1.51. The molecule has 2 aromatic rings. The van der Waals surface area contributed by atoms with Crippen molar-refractivity contribution in [2.45, 2.75) is 6.23 Å². The van der Waals surface area contributed by atoms with Gasteiger partial charge in [0.1, 0.15) is 0 Å². The van der Waals surface area contributed by atoms with Gasteiger partial charge in [-0.05, 0) is 12.1 Å². The summed E-state index contributed by atoms with van der Waals surface area (Å²) in [5.74, 6) is 0. The van der Waals surface area contributed by atoms with Crippen molar-refractivity contribution in [3.63, 3.8) is 0 Å². The van der Waals surface area contributed by atoms with Crippen LogP contribution in [-0.2, 0) is 9.09 Å². The lowest BCUT2D eigenvalue weighted by atomic mass is 10.2. The van der Waals surface area contributed by atoms with E-state index in [0.717, 1.165) is 5.56 Å². The SMILES string of the molecule is O=POC(c1ccccc1)[n+]1ccccc1. The highest BCUT2D eigenvalue weighted by Crippen LogP contribution is 2.17. The summed E-state index contributed by atoms with van der Waals surface area (Å²) in [6, 6.07) is 15.4. The Labute approximate surface area is 95.6 Å². The fraction of sp³-hybridized carbons (Fsp3) is 0.0833. The van der Waals surface area contributed by atoms with Gasteiger partial charge in [-0.25, -0.2) is 9.09 Å². The van der Waals surface area contributed by atoms with Crippen LogP contribution in [0.5, 0.6) is 0 Å². The molecule has 0 aliphatic rings. The van der Waals surface area contributed by atoms with E-state index in [9.17, 15) is 4.57 Å². The Kier molecular flexibility index (Phi) is 3.76. The van der Waals surface area contributed by atoms with Gasteiger partial charge in [0.05, 0.1) is 5.56 Å². The van der Waals surface area contributed by atoms with Gasteiger partial charge in [-0.1, -0.05) is 24.3 Å². The molecule has 1 heterocycles. The van der Waals surface area contributed by atoms with E-state index in [2.05, 4.69) is 0 Å². The number of hydrogen-bond donors (Lipinski definition) is 0. The number of nitrogens with zero attached hydrogens (tertiary/aromatic N) is 1. The summed E-state index contributed by atoms with van der Waals surface area (Å²) in [6.45, 7) is 0. The summed E-state index contributed by atoms with van der Waals surface area (Å²) < 4.78 is 17.7. The summed E-state index contributed by atoms with van der Waals surface area (Å²) in [5.41, 5.74) is 0.960. The molecule has 2 rings (SSSR count). The third-order valence-electron chi connectivity index (χ3n) is 2.24. The fourth-order valence-corrected chi connectivity index (χ4v) is 1.83. The van der Waals surface area contributed by atoms with E-state index in [1.807, 2.05) is 65.5 Å². The molecule has 80 valence electrons. The average molecular weight is 232 g/mol. The summed E-state index contributed by atoms with van der Waals surface area (Å²) in [4.78, 5) is 0. The van der Waals surface area contributed by atoms with Crippen molar-refractivity contribution in [2.75, 3.05) is 0 Å². The molecular weight excluding hydrogens is 221 g/mol. The van der Waals surface area contributed by atoms with Crippen LogP contribution in [0, 0.1) is 0 Å². The van der Waals surface area contributed by atoms with Gasteiger partial charge in [-0.3, -0.25) is 0 Å². The molecular formula is C12H11NO2P+. The molecule has 0 N–H and O–H groups in total. The van der Waals surface area contributed by atoms with Crippen LogP contribution in [0.15, 0.2) is 60.9 Å². The summed E-state index contributed by atoms with van der Waals surface area (Å²) in [6.07, 6.45) is 3.40. The Morgan fingerprint density at radius 2 is 1.62 bits per heavy atom. The second kappa shape index (κ2) is 5.50. The molecule has 0 saturated heterocycles. The van der Waals surface area contributed by atoms with Gasteiger partial charge >= 0.3 is 8.69 Å². The van der Waals surface area contributed by atoms with Crippen LogP contribution < -0.4 is 4.57 Å². The van der Waals surface area contributed by atoms with Crippen molar-refractivity contribution >= 4 is 8.69 Å². The van der Waals surface area contributed by atoms with E-state index >= 15 is 0 Å². The smallest absolute Gasteiger partial charge is 0.240 e. The number of benzene rings is 1. The zero-order valence-corrected chi connectivity index (χ0v) is 9.46. The van der Waals surface area contributed by atoms with Crippen LogP contribution in [0.1, 0.15) is 11.8 Å². The predicted molar refractivity (Wildman–Crippen MR) is 59.9 cm³/mol. The predicted octanol–water partition coefficient (Wildman–Crippen LogP) is 2.74. The highest BCUT2D eigenvalue weighted by Gasteiger charge is 2.21. The molecule has 1 aromatic heterocycles. The van der Waals surface area contributed by atoms with Crippen molar-refractivity contribution < 1.29 is 13.7 Å².